The molecule has 0 aliphatic carbocycles. The molecule has 0 saturated carbocycles. The molecule has 1 fully saturated rings. The van der Waals surface area contributed by atoms with Gasteiger partial charge in [-0.25, -0.2) is 0 Å². The smallest absolute Gasteiger partial charge is 0.227 e. The summed E-state index contributed by atoms with van der Waals surface area (Å²) in [5.41, 5.74) is 6.63. The van der Waals surface area contributed by atoms with Gasteiger partial charge in [-0.05, 0) is 25.0 Å². The summed E-state index contributed by atoms with van der Waals surface area (Å²) >= 11 is 0. The second kappa shape index (κ2) is 4.53. The molecule has 0 aromatic heterocycles. The van der Waals surface area contributed by atoms with Crippen LogP contribution in [0.5, 0.6) is 5.75 Å². The molecule has 0 spiro atoms. The van der Waals surface area contributed by atoms with Crippen LogP contribution in [0, 0.1) is 0 Å². The minimum atomic E-state index is 0.0220. The monoisotopic (exact) mass is 220 g/mol. The van der Waals surface area contributed by atoms with Crippen molar-refractivity contribution in [2.24, 2.45) is 5.73 Å². The molecule has 1 aromatic carbocycles. The Bertz CT molecular complexity index is 392. The van der Waals surface area contributed by atoms with Crippen molar-refractivity contribution in [3.63, 3.8) is 0 Å². The number of nitrogens with zero attached hydrogens (tertiary/aromatic N) is 1. The van der Waals surface area contributed by atoms with E-state index in [1.807, 2.05) is 6.07 Å². The highest BCUT2D eigenvalue weighted by Gasteiger charge is 2.22. The molecule has 1 aromatic rings. The molecule has 16 heavy (non-hydrogen) atoms. The minimum Gasteiger partial charge on any atom is -0.508 e. The Morgan fingerprint density at radius 3 is 3.00 bits per heavy atom. The average Bonchev–Trinajstić information content (AvgIpc) is 2.41. The molecule has 86 valence electrons. The molecule has 4 heteroatoms. The molecular weight excluding hydrogens is 204 g/mol. The van der Waals surface area contributed by atoms with Gasteiger partial charge in [0.25, 0.3) is 0 Å². The summed E-state index contributed by atoms with van der Waals surface area (Å²) in [5, 5.41) is 9.40. The maximum absolute atomic E-state index is 11.9. The Hall–Kier alpha value is -1.55. The number of carbonyl (C=O) groups excluding carboxylic acids is 1. The van der Waals surface area contributed by atoms with Gasteiger partial charge in [-0.2, -0.15) is 0 Å². The number of rotatable bonds is 1. The van der Waals surface area contributed by atoms with Gasteiger partial charge in [0.2, 0.25) is 5.91 Å². The van der Waals surface area contributed by atoms with Crippen molar-refractivity contribution in [1.29, 1.82) is 0 Å². The molecule has 0 bridgehead atoms. The topological polar surface area (TPSA) is 66.6 Å². The van der Waals surface area contributed by atoms with Crippen molar-refractivity contribution < 1.29 is 9.90 Å². The Morgan fingerprint density at radius 1 is 1.44 bits per heavy atom. The first-order valence-corrected chi connectivity index (χ1v) is 5.52. The van der Waals surface area contributed by atoms with Gasteiger partial charge in [0.15, 0.2) is 0 Å². The number of nitrogens with two attached hydrogens (primary N) is 1. The lowest BCUT2D eigenvalue weighted by molar-refractivity contribution is -0.118. The third-order valence-corrected chi connectivity index (χ3v) is 2.83. The predicted molar refractivity (Wildman–Crippen MR) is 62.3 cm³/mol. The number of hydrogen-bond donors (Lipinski definition) is 2. The summed E-state index contributed by atoms with van der Waals surface area (Å²) in [6.07, 6.45) is 2.25. The summed E-state index contributed by atoms with van der Waals surface area (Å²) in [7, 11) is 0. The van der Waals surface area contributed by atoms with Crippen LogP contribution >= 0.6 is 0 Å². The standard InChI is InChI=1S/C12H16N2O2/c13-9-3-1-6-12(16)14(8-9)10-4-2-5-11(15)7-10/h2,4-5,7,9,15H,1,3,6,8,13H2. The lowest BCUT2D eigenvalue weighted by Gasteiger charge is -2.23. The van der Waals surface area contributed by atoms with Gasteiger partial charge in [0.1, 0.15) is 5.75 Å². The molecule has 3 N–H and O–H groups in total. The summed E-state index contributed by atoms with van der Waals surface area (Å²) in [5.74, 6) is 0.252. The van der Waals surface area contributed by atoms with Crippen LogP contribution in [0.2, 0.25) is 0 Å². The van der Waals surface area contributed by atoms with Gasteiger partial charge >= 0.3 is 0 Å². The van der Waals surface area contributed by atoms with Crippen LogP contribution in [0.3, 0.4) is 0 Å². The number of carbonyl (C=O) groups is 1. The first kappa shape index (κ1) is 11.0. The van der Waals surface area contributed by atoms with E-state index in [1.165, 1.54) is 0 Å². The molecule has 1 aliphatic heterocycles. The van der Waals surface area contributed by atoms with E-state index in [0.29, 0.717) is 13.0 Å². The lowest BCUT2D eigenvalue weighted by atomic mass is 10.1. The maximum atomic E-state index is 11.9. The first-order chi connectivity index (χ1) is 7.66. The number of amides is 1. The number of phenolic OH excluding ortho intramolecular Hbond substituents is 1. The van der Waals surface area contributed by atoms with Crippen molar-refractivity contribution in [1.82, 2.24) is 0 Å². The zero-order valence-electron chi connectivity index (χ0n) is 9.10. The van der Waals surface area contributed by atoms with Crippen molar-refractivity contribution in [2.75, 3.05) is 11.4 Å². The van der Waals surface area contributed by atoms with Gasteiger partial charge in [-0.15, -0.1) is 0 Å². The number of phenols is 1. The second-order valence-corrected chi connectivity index (χ2v) is 4.18. The number of hydrogen-bond acceptors (Lipinski definition) is 3. The SMILES string of the molecule is NC1CCCC(=O)N(c2cccc(O)c2)C1. The first-order valence-electron chi connectivity index (χ1n) is 5.52. The van der Waals surface area contributed by atoms with E-state index in [9.17, 15) is 9.90 Å². The largest absolute Gasteiger partial charge is 0.508 e. The molecule has 2 rings (SSSR count). The van der Waals surface area contributed by atoms with E-state index < -0.39 is 0 Å². The van der Waals surface area contributed by atoms with Gasteiger partial charge in [-0.3, -0.25) is 4.79 Å². The fourth-order valence-electron chi connectivity index (χ4n) is 1.99. The van der Waals surface area contributed by atoms with Crippen molar-refractivity contribution in [3.05, 3.63) is 24.3 Å². The van der Waals surface area contributed by atoms with E-state index >= 15 is 0 Å². The van der Waals surface area contributed by atoms with E-state index in [0.717, 1.165) is 18.5 Å². The van der Waals surface area contributed by atoms with Crippen LogP contribution in [-0.4, -0.2) is 23.6 Å². The van der Waals surface area contributed by atoms with Crippen LogP contribution in [0.4, 0.5) is 5.69 Å². The fraction of sp³-hybridized carbons (Fsp3) is 0.417. The third kappa shape index (κ3) is 2.33. The predicted octanol–water partition coefficient (Wildman–Crippen LogP) is 1.24. The highest BCUT2D eigenvalue weighted by molar-refractivity contribution is 5.93. The van der Waals surface area contributed by atoms with E-state index in [-0.39, 0.29) is 17.7 Å². The molecule has 4 nitrogen and oxygen atoms in total. The van der Waals surface area contributed by atoms with Crippen LogP contribution in [0.25, 0.3) is 0 Å². The van der Waals surface area contributed by atoms with Crippen molar-refractivity contribution in [2.45, 2.75) is 25.3 Å². The average molecular weight is 220 g/mol. The molecule has 1 saturated heterocycles. The van der Waals surface area contributed by atoms with E-state index in [1.54, 1.807) is 23.1 Å². The Labute approximate surface area is 94.7 Å². The minimum absolute atomic E-state index is 0.0220. The summed E-state index contributed by atoms with van der Waals surface area (Å²) in [4.78, 5) is 13.5. The molecule has 0 radical (unpaired) electrons. The van der Waals surface area contributed by atoms with Crippen LogP contribution < -0.4 is 10.6 Å². The van der Waals surface area contributed by atoms with Gasteiger partial charge in [0.05, 0.1) is 0 Å². The zero-order valence-corrected chi connectivity index (χ0v) is 9.10. The highest BCUT2D eigenvalue weighted by Crippen LogP contribution is 2.23. The Kier molecular flexibility index (Phi) is 3.10. The summed E-state index contributed by atoms with van der Waals surface area (Å²) < 4.78 is 0. The Balaban J connectivity index is 2.26. The number of benzene rings is 1. The number of aromatic hydroxyl groups is 1. The van der Waals surface area contributed by atoms with Crippen LogP contribution in [0.1, 0.15) is 19.3 Å². The van der Waals surface area contributed by atoms with Gasteiger partial charge in [-0.1, -0.05) is 6.07 Å². The Morgan fingerprint density at radius 2 is 2.25 bits per heavy atom. The van der Waals surface area contributed by atoms with Crippen molar-refractivity contribution >= 4 is 11.6 Å². The highest BCUT2D eigenvalue weighted by atomic mass is 16.3. The summed E-state index contributed by atoms with van der Waals surface area (Å²) in [6, 6.07) is 6.75. The summed E-state index contributed by atoms with van der Waals surface area (Å²) in [6.45, 7) is 0.530. The lowest BCUT2D eigenvalue weighted by Crippen LogP contribution is -2.38. The fourth-order valence-corrected chi connectivity index (χ4v) is 1.99. The van der Waals surface area contributed by atoms with Crippen LogP contribution in [-0.2, 0) is 4.79 Å². The van der Waals surface area contributed by atoms with E-state index in [2.05, 4.69) is 0 Å². The van der Waals surface area contributed by atoms with Gasteiger partial charge in [0, 0.05) is 30.8 Å². The molecular formula is C12H16N2O2. The van der Waals surface area contributed by atoms with Crippen molar-refractivity contribution in [3.8, 4) is 5.75 Å². The quantitative estimate of drug-likeness (QED) is 0.748. The zero-order chi connectivity index (χ0) is 11.5. The molecule has 1 aliphatic rings. The normalized spacial score (nSPS) is 21.9. The maximum Gasteiger partial charge on any atom is 0.227 e. The van der Waals surface area contributed by atoms with Crippen LogP contribution in [0.15, 0.2) is 24.3 Å². The molecule has 1 heterocycles. The van der Waals surface area contributed by atoms with Gasteiger partial charge < -0.3 is 15.7 Å². The third-order valence-electron chi connectivity index (χ3n) is 2.83. The number of anilines is 1. The van der Waals surface area contributed by atoms with E-state index in [4.69, 9.17) is 5.73 Å². The molecule has 1 atom stereocenters. The molecule has 1 unspecified atom stereocenters. The second-order valence-electron chi connectivity index (χ2n) is 4.18. The molecule has 1 amide bonds.